The first-order valence-electron chi connectivity index (χ1n) is 4.65. The topological polar surface area (TPSA) is 71.1 Å². The fourth-order valence-electron chi connectivity index (χ4n) is 0.850. The molecule has 1 rings (SSSR count). The minimum atomic E-state index is -0.273. The van der Waals surface area contributed by atoms with Crippen molar-refractivity contribution in [3.63, 3.8) is 0 Å². The number of rotatable bonds is 4. The molecule has 1 atom stereocenters. The Hall–Kier alpha value is -0.920. The zero-order valence-electron chi connectivity index (χ0n) is 9.23. The number of anilines is 1. The third-order valence-corrected chi connectivity index (χ3v) is 3.52. The summed E-state index contributed by atoms with van der Waals surface area (Å²) in [5.41, 5.74) is 0. The third-order valence-electron chi connectivity index (χ3n) is 1.79. The van der Waals surface area contributed by atoms with Crippen LogP contribution >= 0.6 is 23.1 Å². The Kier molecular flexibility index (Phi) is 4.91. The summed E-state index contributed by atoms with van der Waals surface area (Å²) in [6.45, 7) is 3.24. The highest BCUT2D eigenvalue weighted by atomic mass is 32.2. The Balaban J connectivity index is 2.58. The van der Waals surface area contributed by atoms with E-state index in [9.17, 15) is 9.59 Å². The van der Waals surface area contributed by atoms with Crippen LogP contribution in [-0.2, 0) is 9.59 Å². The molecule has 0 aromatic carbocycles. The molecule has 1 aromatic heterocycles. The molecular weight excluding hydrogens is 246 g/mol. The molecule has 0 aliphatic heterocycles. The van der Waals surface area contributed by atoms with Crippen molar-refractivity contribution >= 4 is 39.9 Å². The lowest BCUT2D eigenvalue weighted by Crippen LogP contribution is -2.35. The van der Waals surface area contributed by atoms with E-state index in [4.69, 9.17) is 0 Å². The van der Waals surface area contributed by atoms with Gasteiger partial charge >= 0.3 is 0 Å². The van der Waals surface area contributed by atoms with Crippen LogP contribution in [0.5, 0.6) is 0 Å². The summed E-state index contributed by atoms with van der Waals surface area (Å²) >= 11 is 2.40. The normalized spacial score (nSPS) is 12.2. The second-order valence-electron chi connectivity index (χ2n) is 3.09. The van der Waals surface area contributed by atoms with Gasteiger partial charge in [0.05, 0.1) is 6.04 Å². The molecule has 0 saturated carbocycles. The number of thioether (sulfide) groups is 1. The Morgan fingerprint density at radius 2 is 2.25 bits per heavy atom. The zero-order valence-corrected chi connectivity index (χ0v) is 10.9. The molecule has 0 aliphatic carbocycles. The molecule has 0 radical (unpaired) electrons. The van der Waals surface area contributed by atoms with Crippen molar-refractivity contribution in [3.05, 3.63) is 5.38 Å². The predicted molar refractivity (Wildman–Crippen MR) is 65.8 cm³/mol. The minimum absolute atomic E-state index is 0.0178. The van der Waals surface area contributed by atoms with E-state index < -0.39 is 0 Å². The van der Waals surface area contributed by atoms with Crippen LogP contribution < -0.4 is 10.6 Å². The summed E-state index contributed by atoms with van der Waals surface area (Å²) in [6.07, 6.45) is 0. The Morgan fingerprint density at radius 3 is 2.81 bits per heavy atom. The van der Waals surface area contributed by atoms with Gasteiger partial charge in [-0.3, -0.25) is 9.59 Å². The second kappa shape index (κ2) is 5.97. The number of hydrogen-bond donors (Lipinski definition) is 2. The van der Waals surface area contributed by atoms with Gasteiger partial charge in [0, 0.05) is 12.3 Å². The third kappa shape index (κ3) is 3.92. The second-order valence-corrected chi connectivity index (χ2v) is 5.37. The van der Waals surface area contributed by atoms with Gasteiger partial charge in [-0.1, -0.05) is 0 Å². The molecule has 0 bridgehead atoms. The number of thiazole rings is 1. The van der Waals surface area contributed by atoms with Crippen LogP contribution in [0, 0.1) is 0 Å². The van der Waals surface area contributed by atoms with Gasteiger partial charge < -0.3 is 10.6 Å². The lowest BCUT2D eigenvalue weighted by molar-refractivity contribution is -0.117. The van der Waals surface area contributed by atoms with Crippen molar-refractivity contribution in [2.45, 2.75) is 24.2 Å². The average Bonchev–Trinajstić information content (AvgIpc) is 2.63. The van der Waals surface area contributed by atoms with Gasteiger partial charge in [0.15, 0.2) is 9.45 Å². The number of amides is 1. The first-order chi connectivity index (χ1) is 7.52. The molecule has 1 heterocycles. The molecule has 1 amide bonds. The molecule has 1 unspecified atom stereocenters. The van der Waals surface area contributed by atoms with Crippen molar-refractivity contribution in [3.8, 4) is 0 Å². The van der Waals surface area contributed by atoms with Gasteiger partial charge in [0.1, 0.15) is 5.82 Å². The number of aromatic nitrogens is 1. The van der Waals surface area contributed by atoms with Gasteiger partial charge in [-0.2, -0.15) is 0 Å². The average molecular weight is 259 g/mol. The highest BCUT2D eigenvalue weighted by Crippen LogP contribution is 2.25. The van der Waals surface area contributed by atoms with Gasteiger partial charge in [-0.25, -0.2) is 4.98 Å². The van der Waals surface area contributed by atoms with Gasteiger partial charge in [0.25, 0.3) is 0 Å². The summed E-state index contributed by atoms with van der Waals surface area (Å²) in [7, 11) is 1.71. The molecule has 7 heteroatoms. The smallest absolute Gasteiger partial charge is 0.242 e. The van der Waals surface area contributed by atoms with Crippen LogP contribution in [0.2, 0.25) is 0 Å². The maximum atomic E-state index is 11.5. The van der Waals surface area contributed by atoms with E-state index in [-0.39, 0.29) is 17.1 Å². The summed E-state index contributed by atoms with van der Waals surface area (Å²) < 4.78 is 0.639. The summed E-state index contributed by atoms with van der Waals surface area (Å²) in [6, 6.07) is -0.273. The van der Waals surface area contributed by atoms with E-state index in [2.05, 4.69) is 15.6 Å². The maximum absolute atomic E-state index is 11.5. The van der Waals surface area contributed by atoms with E-state index in [1.165, 1.54) is 18.3 Å². The number of nitrogens with zero attached hydrogens (tertiary/aromatic N) is 1. The van der Waals surface area contributed by atoms with Crippen LogP contribution in [-0.4, -0.2) is 29.1 Å². The Morgan fingerprint density at radius 1 is 1.56 bits per heavy atom. The highest BCUT2D eigenvalue weighted by molar-refractivity contribution is 8.14. The number of nitrogens with one attached hydrogen (secondary N) is 2. The molecule has 88 valence electrons. The van der Waals surface area contributed by atoms with E-state index in [1.54, 1.807) is 19.4 Å². The lowest BCUT2D eigenvalue weighted by Gasteiger charge is -2.08. The van der Waals surface area contributed by atoms with Crippen LogP contribution in [0.4, 0.5) is 5.82 Å². The quantitative estimate of drug-likeness (QED) is 0.798. The maximum Gasteiger partial charge on any atom is 0.242 e. The summed E-state index contributed by atoms with van der Waals surface area (Å²) in [5, 5.41) is 7.18. The van der Waals surface area contributed by atoms with Crippen LogP contribution in [0.1, 0.15) is 13.8 Å². The predicted octanol–water partition coefficient (Wildman–Crippen LogP) is 1.33. The summed E-state index contributed by atoms with van der Waals surface area (Å²) in [5.74, 6) is 0.341. The van der Waals surface area contributed by atoms with E-state index in [1.807, 2.05) is 0 Å². The van der Waals surface area contributed by atoms with Gasteiger partial charge in [0.2, 0.25) is 5.91 Å². The van der Waals surface area contributed by atoms with E-state index in [0.717, 1.165) is 11.8 Å². The molecule has 0 spiro atoms. The van der Waals surface area contributed by atoms with Crippen LogP contribution in [0.3, 0.4) is 0 Å². The first-order valence-corrected chi connectivity index (χ1v) is 6.34. The fraction of sp³-hybridized carbons (Fsp3) is 0.444. The number of carbonyl (C=O) groups excluding carboxylic acids is 2. The van der Waals surface area contributed by atoms with Crippen molar-refractivity contribution in [1.29, 1.82) is 0 Å². The van der Waals surface area contributed by atoms with Crippen molar-refractivity contribution in [1.82, 2.24) is 10.3 Å². The minimum Gasteiger partial charge on any atom is -0.309 e. The molecule has 0 aliphatic rings. The monoisotopic (exact) mass is 259 g/mol. The van der Waals surface area contributed by atoms with E-state index >= 15 is 0 Å². The SMILES string of the molecule is CNC(C)C(=O)Nc1csc(SC(C)=O)n1. The van der Waals surface area contributed by atoms with Crippen LogP contribution in [0.25, 0.3) is 0 Å². The number of hydrogen-bond acceptors (Lipinski definition) is 6. The summed E-state index contributed by atoms with van der Waals surface area (Å²) in [4.78, 5) is 26.4. The van der Waals surface area contributed by atoms with Crippen molar-refractivity contribution in [2.75, 3.05) is 12.4 Å². The molecule has 1 aromatic rings. The molecule has 5 nitrogen and oxygen atoms in total. The first kappa shape index (κ1) is 13.1. The lowest BCUT2D eigenvalue weighted by atomic mass is 10.3. The Bertz CT molecular complexity index is 392. The highest BCUT2D eigenvalue weighted by Gasteiger charge is 2.12. The number of carbonyl (C=O) groups is 2. The molecule has 2 N–H and O–H groups in total. The van der Waals surface area contributed by atoms with Crippen molar-refractivity contribution in [2.24, 2.45) is 0 Å². The van der Waals surface area contributed by atoms with Crippen molar-refractivity contribution < 1.29 is 9.59 Å². The van der Waals surface area contributed by atoms with Gasteiger partial charge in [-0.05, 0) is 25.7 Å². The zero-order chi connectivity index (χ0) is 12.1. The largest absolute Gasteiger partial charge is 0.309 e. The standard InChI is InChI=1S/C9H13N3O2S2/c1-5(10-3)8(14)11-7-4-15-9(12-7)16-6(2)13/h4-5,10H,1-3H3,(H,11,14). The van der Waals surface area contributed by atoms with Crippen LogP contribution in [0.15, 0.2) is 9.72 Å². The van der Waals surface area contributed by atoms with Gasteiger partial charge in [-0.15, -0.1) is 11.3 Å². The molecule has 16 heavy (non-hydrogen) atoms. The fourth-order valence-corrected chi connectivity index (χ4v) is 2.40. The number of likely N-dealkylation sites (N-methyl/N-ethyl adjacent to an activating group) is 1. The molecule has 0 saturated heterocycles. The molecular formula is C9H13N3O2S2. The van der Waals surface area contributed by atoms with E-state index in [0.29, 0.717) is 10.2 Å². The Labute approximate surface area is 102 Å². The molecule has 0 fully saturated rings.